The van der Waals surface area contributed by atoms with Crippen LogP contribution in [0.2, 0.25) is 0 Å². The first-order valence-electron chi connectivity index (χ1n) is 6.35. The molecule has 0 unspecified atom stereocenters. The molecule has 0 N–H and O–H groups in total. The van der Waals surface area contributed by atoms with Gasteiger partial charge in [0.2, 0.25) is 0 Å². The average Bonchev–Trinajstić information content (AvgIpc) is 2.17. The molecule has 0 aliphatic carbocycles. The second-order valence-corrected chi connectivity index (χ2v) is 4.72. The predicted octanol–water partition coefficient (Wildman–Crippen LogP) is 4.10. The number of rotatable bonds is 8. The Morgan fingerprint density at radius 3 is 2.56 bits per heavy atom. The van der Waals surface area contributed by atoms with Gasteiger partial charge in [0.1, 0.15) is 0 Å². The summed E-state index contributed by atoms with van der Waals surface area (Å²) in [6.07, 6.45) is 6.97. The van der Waals surface area contributed by atoms with Gasteiger partial charge in [-0.05, 0) is 45.4 Å². The van der Waals surface area contributed by atoms with Crippen molar-refractivity contribution in [2.45, 2.75) is 59.8 Å². The quantitative estimate of drug-likeness (QED) is 0.460. The number of allylic oxidation sites excluding steroid dienone is 2. The maximum absolute atomic E-state index is 11.1. The van der Waals surface area contributed by atoms with E-state index in [1.54, 1.807) is 0 Å². The molecule has 0 aromatic rings. The van der Waals surface area contributed by atoms with Gasteiger partial charge in [0, 0.05) is 6.42 Å². The molecule has 0 bridgehead atoms. The van der Waals surface area contributed by atoms with Crippen molar-refractivity contribution in [1.29, 1.82) is 0 Å². The zero-order chi connectivity index (χ0) is 12.4. The highest BCUT2D eigenvalue weighted by molar-refractivity contribution is 5.69. The van der Waals surface area contributed by atoms with Crippen LogP contribution in [0.3, 0.4) is 0 Å². The van der Waals surface area contributed by atoms with Gasteiger partial charge in [-0.25, -0.2) is 0 Å². The highest BCUT2D eigenvalue weighted by Gasteiger charge is 2.04. The molecule has 0 aromatic carbocycles. The van der Waals surface area contributed by atoms with E-state index >= 15 is 0 Å². The summed E-state index contributed by atoms with van der Waals surface area (Å²) in [7, 11) is 0. The van der Waals surface area contributed by atoms with Gasteiger partial charge in [-0.2, -0.15) is 0 Å². The normalized spacial score (nSPS) is 12.0. The molecular weight excluding hydrogens is 200 g/mol. The van der Waals surface area contributed by atoms with Crippen LogP contribution in [0.1, 0.15) is 59.8 Å². The Bertz CT molecular complexity index is 215. The van der Waals surface area contributed by atoms with Crippen LogP contribution in [0.4, 0.5) is 0 Å². The largest absolute Gasteiger partial charge is 0.466 e. The van der Waals surface area contributed by atoms with Crippen LogP contribution in [0.5, 0.6) is 0 Å². The molecular formula is C14H26O2. The zero-order valence-electron chi connectivity index (χ0n) is 11.2. The van der Waals surface area contributed by atoms with E-state index in [1.807, 2.05) is 6.92 Å². The van der Waals surface area contributed by atoms with Crippen LogP contribution in [0.15, 0.2) is 11.6 Å². The van der Waals surface area contributed by atoms with Gasteiger partial charge in [-0.1, -0.05) is 25.5 Å². The van der Waals surface area contributed by atoms with Gasteiger partial charge < -0.3 is 4.74 Å². The molecule has 94 valence electrons. The van der Waals surface area contributed by atoms with Crippen LogP contribution < -0.4 is 0 Å². The van der Waals surface area contributed by atoms with Gasteiger partial charge in [0.05, 0.1) is 6.61 Å². The summed E-state index contributed by atoms with van der Waals surface area (Å²) in [5.41, 5.74) is 1.38. The molecule has 0 heterocycles. The Labute approximate surface area is 100 Å². The van der Waals surface area contributed by atoms with Gasteiger partial charge in [0.15, 0.2) is 0 Å². The molecule has 0 amide bonds. The Kier molecular flexibility index (Phi) is 8.97. The van der Waals surface area contributed by atoms with E-state index in [-0.39, 0.29) is 5.97 Å². The van der Waals surface area contributed by atoms with Gasteiger partial charge in [0.25, 0.3) is 0 Å². The van der Waals surface area contributed by atoms with Crippen LogP contribution in [-0.4, -0.2) is 12.6 Å². The van der Waals surface area contributed by atoms with Crippen molar-refractivity contribution in [1.82, 2.24) is 0 Å². The highest BCUT2D eigenvalue weighted by Crippen LogP contribution is 2.12. The Balaban J connectivity index is 3.47. The lowest BCUT2D eigenvalue weighted by molar-refractivity contribution is -0.144. The van der Waals surface area contributed by atoms with E-state index in [4.69, 9.17) is 4.74 Å². The van der Waals surface area contributed by atoms with Crippen molar-refractivity contribution < 1.29 is 9.53 Å². The molecule has 0 spiro atoms. The molecule has 0 saturated heterocycles. The lowest BCUT2D eigenvalue weighted by atomic mass is 10.0. The molecule has 2 nitrogen and oxygen atoms in total. The van der Waals surface area contributed by atoms with Gasteiger partial charge in [-0.15, -0.1) is 0 Å². The molecule has 0 radical (unpaired) electrons. The second-order valence-electron chi connectivity index (χ2n) is 4.72. The van der Waals surface area contributed by atoms with Crippen LogP contribution in [0, 0.1) is 5.92 Å². The Morgan fingerprint density at radius 1 is 1.31 bits per heavy atom. The van der Waals surface area contributed by atoms with Crippen molar-refractivity contribution >= 4 is 5.97 Å². The third-order valence-electron chi connectivity index (χ3n) is 2.54. The maximum Gasteiger partial charge on any atom is 0.305 e. The first-order valence-corrected chi connectivity index (χ1v) is 6.35. The Morgan fingerprint density at radius 2 is 2.00 bits per heavy atom. The fourth-order valence-corrected chi connectivity index (χ4v) is 1.45. The molecule has 2 heteroatoms. The summed E-state index contributed by atoms with van der Waals surface area (Å²) in [5, 5.41) is 0. The smallest absolute Gasteiger partial charge is 0.305 e. The summed E-state index contributed by atoms with van der Waals surface area (Å²) >= 11 is 0. The first-order chi connectivity index (χ1) is 7.56. The SMILES string of the molecule is CCCC(=O)OCC[C@@H](C)CCC=C(C)C. The van der Waals surface area contributed by atoms with Gasteiger partial charge in [-0.3, -0.25) is 4.79 Å². The summed E-state index contributed by atoms with van der Waals surface area (Å²) in [5.74, 6) is 0.573. The third kappa shape index (κ3) is 9.75. The van der Waals surface area contributed by atoms with Crippen molar-refractivity contribution in [2.24, 2.45) is 5.92 Å². The first kappa shape index (κ1) is 15.2. The van der Waals surface area contributed by atoms with E-state index in [1.165, 1.54) is 12.0 Å². The number of carbonyl (C=O) groups excluding carboxylic acids is 1. The minimum absolute atomic E-state index is 0.0565. The minimum atomic E-state index is -0.0565. The predicted molar refractivity (Wildman–Crippen MR) is 68.3 cm³/mol. The topological polar surface area (TPSA) is 26.3 Å². The molecule has 0 fully saturated rings. The lowest BCUT2D eigenvalue weighted by Crippen LogP contribution is -2.08. The number of esters is 1. The molecule has 1 atom stereocenters. The number of ether oxygens (including phenoxy) is 1. The second kappa shape index (κ2) is 9.44. The van der Waals surface area contributed by atoms with Gasteiger partial charge >= 0.3 is 5.97 Å². The number of carbonyl (C=O) groups is 1. The molecule has 0 aliphatic rings. The van der Waals surface area contributed by atoms with Crippen molar-refractivity contribution in [3.63, 3.8) is 0 Å². The lowest BCUT2D eigenvalue weighted by Gasteiger charge is -2.10. The summed E-state index contributed by atoms with van der Waals surface area (Å²) in [4.78, 5) is 11.1. The summed E-state index contributed by atoms with van der Waals surface area (Å²) in [6.45, 7) is 9.03. The van der Waals surface area contributed by atoms with Crippen molar-refractivity contribution in [2.75, 3.05) is 6.61 Å². The fraction of sp³-hybridized carbons (Fsp3) is 0.786. The fourth-order valence-electron chi connectivity index (χ4n) is 1.45. The molecule has 0 rings (SSSR count). The molecule has 0 aromatic heterocycles. The summed E-state index contributed by atoms with van der Waals surface area (Å²) in [6, 6.07) is 0. The Hall–Kier alpha value is -0.790. The van der Waals surface area contributed by atoms with E-state index < -0.39 is 0 Å². The van der Waals surface area contributed by atoms with E-state index in [0.29, 0.717) is 18.9 Å². The number of hydrogen-bond donors (Lipinski definition) is 0. The van der Waals surface area contributed by atoms with E-state index in [2.05, 4.69) is 26.8 Å². The number of hydrogen-bond acceptors (Lipinski definition) is 2. The van der Waals surface area contributed by atoms with Crippen molar-refractivity contribution in [3.8, 4) is 0 Å². The zero-order valence-corrected chi connectivity index (χ0v) is 11.2. The highest BCUT2D eigenvalue weighted by atomic mass is 16.5. The monoisotopic (exact) mass is 226 g/mol. The standard InChI is InChI=1S/C14H26O2/c1-5-7-14(15)16-11-10-13(4)9-6-8-12(2)3/h8,13H,5-7,9-11H2,1-4H3/t13-/m0/s1. The van der Waals surface area contributed by atoms with E-state index in [9.17, 15) is 4.79 Å². The maximum atomic E-state index is 11.1. The van der Waals surface area contributed by atoms with Crippen LogP contribution in [-0.2, 0) is 9.53 Å². The summed E-state index contributed by atoms with van der Waals surface area (Å²) < 4.78 is 5.13. The minimum Gasteiger partial charge on any atom is -0.466 e. The average molecular weight is 226 g/mol. The molecule has 16 heavy (non-hydrogen) atoms. The molecule has 0 saturated carbocycles. The third-order valence-corrected chi connectivity index (χ3v) is 2.54. The van der Waals surface area contributed by atoms with Crippen LogP contribution >= 0.6 is 0 Å². The molecule has 0 aliphatic heterocycles. The van der Waals surface area contributed by atoms with Crippen molar-refractivity contribution in [3.05, 3.63) is 11.6 Å². The van der Waals surface area contributed by atoms with Crippen LogP contribution in [0.25, 0.3) is 0 Å². The van der Waals surface area contributed by atoms with E-state index in [0.717, 1.165) is 19.3 Å².